The summed E-state index contributed by atoms with van der Waals surface area (Å²) in [5.74, 6) is 0. The van der Waals surface area contributed by atoms with E-state index in [1.165, 1.54) is 11.5 Å². The van der Waals surface area contributed by atoms with Crippen molar-refractivity contribution in [1.29, 1.82) is 0 Å². The zero-order chi connectivity index (χ0) is 11.5. The van der Waals surface area contributed by atoms with Gasteiger partial charge in [0, 0.05) is 19.2 Å². The van der Waals surface area contributed by atoms with Crippen LogP contribution in [0.15, 0.2) is 12.4 Å². The van der Waals surface area contributed by atoms with Crippen molar-refractivity contribution < 1.29 is 5.11 Å². The number of hydrogen-bond acceptors (Lipinski definition) is 5. The molecule has 0 spiro atoms. The molecule has 2 aromatic heterocycles. The first-order valence-corrected chi connectivity index (χ1v) is 5.96. The molecule has 0 fully saturated rings. The molecule has 6 heteroatoms. The van der Waals surface area contributed by atoms with Crippen LogP contribution in [0.2, 0.25) is 0 Å². The van der Waals surface area contributed by atoms with Crippen LogP contribution >= 0.6 is 11.5 Å². The van der Waals surface area contributed by atoms with E-state index in [4.69, 9.17) is 0 Å². The first-order chi connectivity index (χ1) is 7.70. The number of nitrogens with zero attached hydrogens (tertiary/aromatic N) is 4. The van der Waals surface area contributed by atoms with Gasteiger partial charge in [-0.2, -0.15) is 5.10 Å². The number of aryl methyl sites for hydroxylation is 2. The Balaban J connectivity index is 2.07. The third-order valence-corrected chi connectivity index (χ3v) is 3.36. The summed E-state index contributed by atoms with van der Waals surface area (Å²) >= 11 is 1.25. The van der Waals surface area contributed by atoms with Crippen LogP contribution in [0.5, 0.6) is 0 Å². The highest BCUT2D eigenvalue weighted by Crippen LogP contribution is 2.23. The van der Waals surface area contributed by atoms with Crippen LogP contribution in [0.3, 0.4) is 0 Å². The molecule has 16 heavy (non-hydrogen) atoms. The number of aliphatic hydroxyl groups is 1. The molecule has 0 saturated heterocycles. The molecule has 86 valence electrons. The third kappa shape index (κ3) is 2.28. The minimum atomic E-state index is -0.533. The maximum atomic E-state index is 10.0. The molecule has 0 bridgehead atoms. The maximum absolute atomic E-state index is 10.0. The van der Waals surface area contributed by atoms with Gasteiger partial charge in [0.15, 0.2) is 0 Å². The Hall–Kier alpha value is -1.27. The van der Waals surface area contributed by atoms with Crippen molar-refractivity contribution in [2.24, 2.45) is 0 Å². The molecule has 1 unspecified atom stereocenters. The van der Waals surface area contributed by atoms with Crippen LogP contribution < -0.4 is 0 Å². The van der Waals surface area contributed by atoms with E-state index in [-0.39, 0.29) is 0 Å². The summed E-state index contributed by atoms with van der Waals surface area (Å²) in [6.07, 6.45) is 3.77. The van der Waals surface area contributed by atoms with Gasteiger partial charge in [0.25, 0.3) is 0 Å². The Labute approximate surface area is 97.9 Å². The first kappa shape index (κ1) is 11.2. The van der Waals surface area contributed by atoms with Crippen LogP contribution in [0, 0.1) is 6.92 Å². The van der Waals surface area contributed by atoms with Gasteiger partial charge in [-0.3, -0.25) is 4.68 Å². The lowest BCUT2D eigenvalue weighted by Gasteiger charge is -2.06. The number of aromatic nitrogens is 4. The Morgan fingerprint density at radius 2 is 2.38 bits per heavy atom. The van der Waals surface area contributed by atoms with E-state index in [0.29, 0.717) is 6.42 Å². The molecule has 0 amide bonds. The maximum Gasteiger partial charge on any atom is 0.0958 e. The van der Waals surface area contributed by atoms with E-state index in [9.17, 15) is 5.11 Å². The summed E-state index contributed by atoms with van der Waals surface area (Å²) in [5, 5.41) is 18.1. The van der Waals surface area contributed by atoms with Crippen molar-refractivity contribution in [3.63, 3.8) is 0 Å². The lowest BCUT2D eigenvalue weighted by molar-refractivity contribution is 0.181. The van der Waals surface area contributed by atoms with Crippen molar-refractivity contribution in [1.82, 2.24) is 19.4 Å². The molecule has 0 aliphatic heterocycles. The predicted molar refractivity (Wildman–Crippen MR) is 61.2 cm³/mol. The Kier molecular flexibility index (Phi) is 3.31. The summed E-state index contributed by atoms with van der Waals surface area (Å²) in [4.78, 5) is 0.837. The van der Waals surface area contributed by atoms with E-state index in [1.54, 1.807) is 6.20 Å². The monoisotopic (exact) mass is 238 g/mol. The number of aliphatic hydroxyl groups excluding tert-OH is 1. The molecule has 0 radical (unpaired) electrons. The van der Waals surface area contributed by atoms with Crippen molar-refractivity contribution in [2.45, 2.75) is 32.9 Å². The molecular weight excluding hydrogens is 224 g/mol. The second kappa shape index (κ2) is 4.71. The molecule has 0 saturated carbocycles. The highest BCUT2D eigenvalue weighted by atomic mass is 32.1. The van der Waals surface area contributed by atoms with E-state index < -0.39 is 6.10 Å². The van der Waals surface area contributed by atoms with Gasteiger partial charge in [-0.15, -0.1) is 5.10 Å². The fraction of sp³-hybridized carbons (Fsp3) is 0.500. The SMILES string of the molecule is CCn1cc(CC(O)c2snnc2C)cn1. The lowest BCUT2D eigenvalue weighted by atomic mass is 10.1. The fourth-order valence-electron chi connectivity index (χ4n) is 1.54. The summed E-state index contributed by atoms with van der Waals surface area (Å²) in [6.45, 7) is 4.74. The van der Waals surface area contributed by atoms with Crippen LogP contribution in [0.4, 0.5) is 0 Å². The average molecular weight is 238 g/mol. The molecule has 2 heterocycles. The molecule has 0 aliphatic rings. The first-order valence-electron chi connectivity index (χ1n) is 5.19. The van der Waals surface area contributed by atoms with Crippen molar-refractivity contribution >= 4 is 11.5 Å². The molecule has 5 nitrogen and oxygen atoms in total. The van der Waals surface area contributed by atoms with Crippen LogP contribution in [-0.2, 0) is 13.0 Å². The van der Waals surface area contributed by atoms with Crippen molar-refractivity contribution in [3.05, 3.63) is 28.5 Å². The molecule has 1 N–H and O–H groups in total. The third-order valence-electron chi connectivity index (χ3n) is 2.43. The van der Waals surface area contributed by atoms with Crippen molar-refractivity contribution in [2.75, 3.05) is 0 Å². The highest BCUT2D eigenvalue weighted by Gasteiger charge is 2.15. The zero-order valence-electron chi connectivity index (χ0n) is 9.29. The van der Waals surface area contributed by atoms with E-state index in [2.05, 4.69) is 14.7 Å². The van der Waals surface area contributed by atoms with Crippen LogP contribution in [-0.4, -0.2) is 24.5 Å². The Morgan fingerprint density at radius 1 is 1.56 bits per heavy atom. The fourth-order valence-corrected chi connectivity index (χ4v) is 2.17. The lowest BCUT2D eigenvalue weighted by Crippen LogP contribution is -2.01. The van der Waals surface area contributed by atoms with Gasteiger partial charge in [-0.25, -0.2) is 0 Å². The standard InChI is InChI=1S/C10H14N4OS/c1-3-14-6-8(5-11-14)4-9(15)10-7(2)12-13-16-10/h5-6,9,15H,3-4H2,1-2H3. The Bertz CT molecular complexity index is 465. The molecule has 1 atom stereocenters. The summed E-state index contributed by atoms with van der Waals surface area (Å²) < 4.78 is 5.66. The van der Waals surface area contributed by atoms with Gasteiger partial charge < -0.3 is 5.11 Å². The van der Waals surface area contributed by atoms with Gasteiger partial charge in [-0.05, 0) is 30.9 Å². The van der Waals surface area contributed by atoms with E-state index >= 15 is 0 Å². The van der Waals surface area contributed by atoms with E-state index in [0.717, 1.165) is 22.7 Å². The second-order valence-corrected chi connectivity index (χ2v) is 4.43. The second-order valence-electron chi connectivity index (χ2n) is 3.65. The normalized spacial score (nSPS) is 12.9. The van der Waals surface area contributed by atoms with Gasteiger partial charge in [0.05, 0.1) is 22.9 Å². The largest absolute Gasteiger partial charge is 0.387 e. The minimum absolute atomic E-state index is 0.533. The number of rotatable bonds is 4. The smallest absolute Gasteiger partial charge is 0.0958 e. The van der Waals surface area contributed by atoms with Crippen LogP contribution in [0.25, 0.3) is 0 Å². The van der Waals surface area contributed by atoms with Crippen molar-refractivity contribution in [3.8, 4) is 0 Å². The van der Waals surface area contributed by atoms with E-state index in [1.807, 2.05) is 24.7 Å². The molecule has 2 rings (SSSR count). The quantitative estimate of drug-likeness (QED) is 0.873. The summed E-state index contributed by atoms with van der Waals surface area (Å²) in [7, 11) is 0. The topological polar surface area (TPSA) is 63.8 Å². The molecule has 0 aliphatic carbocycles. The average Bonchev–Trinajstić information content (AvgIpc) is 2.86. The summed E-state index contributed by atoms with van der Waals surface area (Å²) in [6, 6.07) is 0. The van der Waals surface area contributed by atoms with Gasteiger partial charge in [0.2, 0.25) is 0 Å². The van der Waals surface area contributed by atoms with Gasteiger partial charge >= 0.3 is 0 Å². The molecule has 2 aromatic rings. The Morgan fingerprint density at radius 3 is 2.94 bits per heavy atom. The number of hydrogen-bond donors (Lipinski definition) is 1. The van der Waals surface area contributed by atoms with Crippen LogP contribution in [0.1, 0.15) is 29.2 Å². The predicted octanol–water partition coefficient (Wildman–Crippen LogP) is 1.34. The van der Waals surface area contributed by atoms with Gasteiger partial charge in [0.1, 0.15) is 0 Å². The zero-order valence-corrected chi connectivity index (χ0v) is 10.1. The van der Waals surface area contributed by atoms with Gasteiger partial charge in [-0.1, -0.05) is 4.49 Å². The molecule has 0 aromatic carbocycles. The minimum Gasteiger partial charge on any atom is -0.387 e. The summed E-state index contributed by atoms with van der Waals surface area (Å²) in [5.41, 5.74) is 1.84. The highest BCUT2D eigenvalue weighted by molar-refractivity contribution is 7.05. The molecular formula is C10H14N4OS.